The minimum Gasteiger partial charge on any atom is -0.466 e. The van der Waals surface area contributed by atoms with Crippen molar-refractivity contribution in [2.75, 3.05) is 6.61 Å². The van der Waals surface area contributed by atoms with E-state index in [-0.39, 0.29) is 5.97 Å². The molecule has 0 aliphatic carbocycles. The van der Waals surface area contributed by atoms with E-state index in [4.69, 9.17) is 4.74 Å². The van der Waals surface area contributed by atoms with Gasteiger partial charge in [-0.15, -0.1) is 0 Å². The van der Waals surface area contributed by atoms with Crippen LogP contribution in [0.4, 0.5) is 0 Å². The Kier molecular flexibility index (Phi) is 47.5. The number of carbonyl (C=O) groups is 1. The van der Waals surface area contributed by atoms with Crippen LogP contribution in [-0.2, 0) is 9.53 Å². The average molecular weight is 731 g/mol. The number of esters is 1. The molecule has 0 fully saturated rings. The maximum atomic E-state index is 12.0. The molecule has 0 N–H and O–H groups in total. The lowest BCUT2D eigenvalue weighted by Crippen LogP contribution is -2.05. The van der Waals surface area contributed by atoms with E-state index in [1.165, 1.54) is 263 Å². The van der Waals surface area contributed by atoms with Crippen molar-refractivity contribution < 1.29 is 9.53 Å². The van der Waals surface area contributed by atoms with E-state index < -0.39 is 0 Å². The van der Waals surface area contributed by atoms with Gasteiger partial charge in [0.1, 0.15) is 0 Å². The molecule has 0 heterocycles. The van der Waals surface area contributed by atoms with Gasteiger partial charge in [0.25, 0.3) is 0 Å². The van der Waals surface area contributed by atoms with Crippen LogP contribution in [0, 0.1) is 0 Å². The molecular weight excluding hydrogens is 633 g/mol. The molecule has 0 aromatic heterocycles. The molecule has 0 aliphatic rings. The van der Waals surface area contributed by atoms with Crippen molar-refractivity contribution in [1.82, 2.24) is 0 Å². The molecule has 0 radical (unpaired) electrons. The van der Waals surface area contributed by atoms with Crippen LogP contribution in [-0.4, -0.2) is 12.6 Å². The first-order valence-electron chi connectivity index (χ1n) is 24.6. The summed E-state index contributed by atoms with van der Waals surface area (Å²) in [6, 6.07) is 0. The van der Waals surface area contributed by atoms with Gasteiger partial charge in [-0.05, 0) is 38.5 Å². The first kappa shape index (κ1) is 51.2. The molecule has 0 aromatic rings. The van der Waals surface area contributed by atoms with Gasteiger partial charge in [-0.2, -0.15) is 0 Å². The van der Waals surface area contributed by atoms with Gasteiger partial charge < -0.3 is 4.74 Å². The fraction of sp³-hybridized carbons (Fsp3) is 0.940. The normalized spacial score (nSPS) is 11.7. The maximum Gasteiger partial charge on any atom is 0.305 e. The molecule has 0 amide bonds. The third-order valence-corrected chi connectivity index (χ3v) is 11.4. The highest BCUT2D eigenvalue weighted by atomic mass is 16.5. The quantitative estimate of drug-likeness (QED) is 0.0354. The van der Waals surface area contributed by atoms with Crippen molar-refractivity contribution in [1.29, 1.82) is 0 Å². The lowest BCUT2D eigenvalue weighted by Gasteiger charge is -2.06. The zero-order chi connectivity index (χ0) is 37.5. The molecular formula is C50H98O2. The molecule has 310 valence electrons. The highest BCUT2D eigenvalue weighted by Gasteiger charge is 2.03. The summed E-state index contributed by atoms with van der Waals surface area (Å²) >= 11 is 0. The number of hydrogen-bond donors (Lipinski definition) is 0. The van der Waals surface area contributed by atoms with Crippen LogP contribution < -0.4 is 0 Å². The van der Waals surface area contributed by atoms with Gasteiger partial charge in [0.05, 0.1) is 6.61 Å². The third-order valence-electron chi connectivity index (χ3n) is 11.4. The van der Waals surface area contributed by atoms with E-state index in [2.05, 4.69) is 26.0 Å². The fourth-order valence-corrected chi connectivity index (χ4v) is 7.72. The van der Waals surface area contributed by atoms with E-state index in [9.17, 15) is 4.79 Å². The second-order valence-electron chi connectivity index (χ2n) is 16.8. The fourth-order valence-electron chi connectivity index (χ4n) is 7.72. The van der Waals surface area contributed by atoms with Crippen LogP contribution in [0.2, 0.25) is 0 Å². The van der Waals surface area contributed by atoms with Gasteiger partial charge in [-0.1, -0.05) is 264 Å². The van der Waals surface area contributed by atoms with Gasteiger partial charge >= 0.3 is 5.97 Å². The Hall–Kier alpha value is -0.790. The van der Waals surface area contributed by atoms with Crippen LogP contribution >= 0.6 is 0 Å². The van der Waals surface area contributed by atoms with Gasteiger partial charge in [0.2, 0.25) is 0 Å². The smallest absolute Gasteiger partial charge is 0.305 e. The summed E-state index contributed by atoms with van der Waals surface area (Å²) in [4.78, 5) is 12.0. The number of allylic oxidation sites excluding steroid dienone is 2. The number of rotatable bonds is 46. The van der Waals surface area contributed by atoms with Crippen molar-refractivity contribution in [3.8, 4) is 0 Å². The number of ether oxygens (including phenoxy) is 1. The Morgan fingerprint density at radius 3 is 0.827 bits per heavy atom. The van der Waals surface area contributed by atoms with Gasteiger partial charge in [0.15, 0.2) is 0 Å². The molecule has 0 bridgehead atoms. The topological polar surface area (TPSA) is 26.3 Å². The van der Waals surface area contributed by atoms with Crippen molar-refractivity contribution in [2.45, 2.75) is 296 Å². The molecule has 0 saturated heterocycles. The predicted molar refractivity (Wildman–Crippen MR) is 235 cm³/mol. The van der Waals surface area contributed by atoms with Crippen molar-refractivity contribution in [3.63, 3.8) is 0 Å². The minimum atomic E-state index is 0.0301. The summed E-state index contributed by atoms with van der Waals surface area (Å²) in [7, 11) is 0. The summed E-state index contributed by atoms with van der Waals surface area (Å²) in [5, 5.41) is 0. The van der Waals surface area contributed by atoms with Crippen LogP contribution in [0.1, 0.15) is 296 Å². The maximum absolute atomic E-state index is 12.0. The third kappa shape index (κ3) is 47.2. The summed E-state index contributed by atoms with van der Waals surface area (Å²) in [5.41, 5.74) is 0. The Morgan fingerprint density at radius 1 is 0.308 bits per heavy atom. The summed E-state index contributed by atoms with van der Waals surface area (Å²) in [6.07, 6.45) is 64.9. The first-order chi connectivity index (χ1) is 25.8. The molecule has 0 rings (SSSR count). The lowest BCUT2D eigenvalue weighted by molar-refractivity contribution is -0.143. The van der Waals surface area contributed by atoms with E-state index >= 15 is 0 Å². The van der Waals surface area contributed by atoms with Crippen LogP contribution in [0.3, 0.4) is 0 Å². The number of carbonyl (C=O) groups excluding carboxylic acids is 1. The van der Waals surface area contributed by atoms with Crippen LogP contribution in [0.25, 0.3) is 0 Å². The zero-order valence-corrected chi connectivity index (χ0v) is 36.3. The summed E-state index contributed by atoms with van der Waals surface area (Å²) in [5.74, 6) is 0.0301. The van der Waals surface area contributed by atoms with Crippen molar-refractivity contribution in [3.05, 3.63) is 12.2 Å². The van der Waals surface area contributed by atoms with E-state index in [1.54, 1.807) is 0 Å². The highest BCUT2D eigenvalue weighted by molar-refractivity contribution is 5.69. The molecule has 0 spiro atoms. The van der Waals surface area contributed by atoms with Gasteiger partial charge in [-0.25, -0.2) is 0 Å². The van der Waals surface area contributed by atoms with Gasteiger partial charge in [-0.3, -0.25) is 4.79 Å². The molecule has 0 unspecified atom stereocenters. The second kappa shape index (κ2) is 48.2. The summed E-state index contributed by atoms with van der Waals surface area (Å²) < 4.78 is 5.49. The van der Waals surface area contributed by atoms with Crippen molar-refractivity contribution >= 4 is 5.97 Å². The zero-order valence-electron chi connectivity index (χ0n) is 36.3. The Labute approximate surface area is 329 Å². The SMILES string of the molecule is CCCCCCCCCC=CCCCCCCCCCCCCCC(=O)OCCCCCCCCCCCCCCCCCCCCCCCCC. The highest BCUT2D eigenvalue weighted by Crippen LogP contribution is 2.17. The molecule has 2 heteroatoms. The van der Waals surface area contributed by atoms with Gasteiger partial charge in [0, 0.05) is 6.42 Å². The van der Waals surface area contributed by atoms with Crippen LogP contribution in [0.15, 0.2) is 12.2 Å². The largest absolute Gasteiger partial charge is 0.466 e. The van der Waals surface area contributed by atoms with E-state index in [1.807, 2.05) is 0 Å². The monoisotopic (exact) mass is 731 g/mol. The Morgan fingerprint density at radius 2 is 0.538 bits per heavy atom. The Bertz CT molecular complexity index is 669. The molecule has 2 nitrogen and oxygen atoms in total. The number of unbranched alkanes of at least 4 members (excludes halogenated alkanes) is 40. The predicted octanol–water partition coefficient (Wildman–Crippen LogP) is 18.3. The molecule has 0 aliphatic heterocycles. The first-order valence-corrected chi connectivity index (χ1v) is 24.6. The molecule has 0 atom stereocenters. The average Bonchev–Trinajstić information content (AvgIpc) is 3.15. The number of hydrogen-bond acceptors (Lipinski definition) is 2. The molecule has 0 aromatic carbocycles. The Balaban J connectivity index is 3.17. The molecule has 0 saturated carbocycles. The van der Waals surface area contributed by atoms with E-state index in [0.717, 1.165) is 12.8 Å². The van der Waals surface area contributed by atoms with Crippen molar-refractivity contribution in [2.24, 2.45) is 0 Å². The molecule has 52 heavy (non-hydrogen) atoms. The summed E-state index contributed by atoms with van der Waals surface area (Å²) in [6.45, 7) is 5.23. The lowest BCUT2D eigenvalue weighted by atomic mass is 10.0. The minimum absolute atomic E-state index is 0.0301. The van der Waals surface area contributed by atoms with E-state index in [0.29, 0.717) is 13.0 Å². The van der Waals surface area contributed by atoms with Crippen LogP contribution in [0.5, 0.6) is 0 Å². The standard InChI is InChI=1S/C50H98O2/c1-3-5-7-9-11-13-15-17-19-21-23-25-27-29-31-33-35-37-39-41-43-45-47-49-52-50(51)48-46-44-42-40-38-36-34-32-30-28-26-24-22-20-18-16-14-12-10-8-6-4-2/h20,22H,3-19,21,23-49H2,1-2H3. The second-order valence-corrected chi connectivity index (χ2v) is 16.8.